The Bertz CT molecular complexity index is 1280. The third kappa shape index (κ3) is 3.54. The Morgan fingerprint density at radius 3 is 2.62 bits per heavy atom. The largest absolute Gasteiger partial charge is 0.433 e. The highest BCUT2D eigenvalue weighted by molar-refractivity contribution is 7.13. The van der Waals surface area contributed by atoms with Gasteiger partial charge in [-0.05, 0) is 48.1 Å². The highest BCUT2D eigenvalue weighted by Gasteiger charge is 2.37. The highest BCUT2D eigenvalue weighted by atomic mass is 32.1. The van der Waals surface area contributed by atoms with Gasteiger partial charge in [-0.2, -0.15) is 18.3 Å². The number of rotatable bonds is 3. The number of benzene rings is 1. The summed E-state index contributed by atoms with van der Waals surface area (Å²) in [6, 6.07) is 9.95. The van der Waals surface area contributed by atoms with E-state index in [0.717, 1.165) is 24.2 Å². The van der Waals surface area contributed by atoms with Gasteiger partial charge in [0.1, 0.15) is 11.4 Å². The Hall–Kier alpha value is -3.27. The number of carbonyl (C=O) groups excluding carboxylic acids is 1. The molecule has 0 radical (unpaired) electrons. The first-order chi connectivity index (χ1) is 15.3. The molecule has 0 bridgehead atoms. The van der Waals surface area contributed by atoms with Gasteiger partial charge in [0, 0.05) is 6.54 Å². The van der Waals surface area contributed by atoms with E-state index in [2.05, 4.69) is 10.1 Å². The van der Waals surface area contributed by atoms with E-state index in [-0.39, 0.29) is 28.8 Å². The van der Waals surface area contributed by atoms with Crippen molar-refractivity contribution in [3.05, 3.63) is 76.7 Å². The number of halogens is 4. The van der Waals surface area contributed by atoms with Crippen LogP contribution in [0.2, 0.25) is 0 Å². The fourth-order valence-corrected chi connectivity index (χ4v) is 4.75. The lowest BCUT2D eigenvalue weighted by Gasteiger charge is -2.24. The fourth-order valence-electron chi connectivity index (χ4n) is 4.06. The van der Waals surface area contributed by atoms with Gasteiger partial charge in [0.15, 0.2) is 11.3 Å². The van der Waals surface area contributed by atoms with E-state index < -0.39 is 17.8 Å². The predicted molar refractivity (Wildman–Crippen MR) is 111 cm³/mol. The van der Waals surface area contributed by atoms with E-state index in [1.807, 2.05) is 0 Å². The van der Waals surface area contributed by atoms with Gasteiger partial charge >= 0.3 is 6.18 Å². The number of aromatic nitrogens is 3. The number of alkyl halides is 3. The SMILES string of the molecule is O=C(c1cnn2c(C(F)(F)F)cc(-c3cccs3)nc12)N1CCCC1c1ccc(F)cc1. The maximum atomic E-state index is 13.8. The third-order valence-electron chi connectivity index (χ3n) is 5.53. The second-order valence-corrected chi connectivity index (χ2v) is 8.45. The number of likely N-dealkylation sites (tertiary alicyclic amines) is 1. The molecule has 4 heterocycles. The molecule has 0 aliphatic carbocycles. The van der Waals surface area contributed by atoms with Crippen molar-refractivity contribution in [1.29, 1.82) is 0 Å². The summed E-state index contributed by atoms with van der Waals surface area (Å²) in [5, 5.41) is 5.59. The summed E-state index contributed by atoms with van der Waals surface area (Å²) in [5.74, 6) is -0.826. The molecule has 1 aliphatic heterocycles. The second-order valence-electron chi connectivity index (χ2n) is 7.50. The molecule has 3 aromatic heterocycles. The van der Waals surface area contributed by atoms with Gasteiger partial charge in [-0.25, -0.2) is 13.9 Å². The Morgan fingerprint density at radius 2 is 1.94 bits per heavy atom. The summed E-state index contributed by atoms with van der Waals surface area (Å²) in [6.45, 7) is 0.439. The van der Waals surface area contributed by atoms with Gasteiger partial charge in [-0.3, -0.25) is 4.79 Å². The van der Waals surface area contributed by atoms with E-state index in [9.17, 15) is 22.4 Å². The first kappa shape index (κ1) is 20.6. The van der Waals surface area contributed by atoms with Crippen molar-refractivity contribution in [2.45, 2.75) is 25.1 Å². The molecule has 1 fully saturated rings. The van der Waals surface area contributed by atoms with Gasteiger partial charge in [0.2, 0.25) is 0 Å². The molecule has 1 atom stereocenters. The lowest BCUT2D eigenvalue weighted by Crippen LogP contribution is -2.30. The monoisotopic (exact) mass is 460 g/mol. The standard InChI is InChI=1S/C22H16F4N4OS/c23-14-7-5-13(6-8-14)17-3-1-9-29(17)21(31)15-12-27-30-19(22(24,25)26)11-16(28-20(15)30)18-4-2-10-32-18/h2,4-8,10-12,17H,1,3,9H2. The van der Waals surface area contributed by atoms with Crippen LogP contribution in [0.3, 0.4) is 0 Å². The van der Waals surface area contributed by atoms with Crippen LogP contribution < -0.4 is 0 Å². The molecule has 1 amide bonds. The zero-order valence-corrected chi connectivity index (χ0v) is 17.3. The number of hydrogen-bond acceptors (Lipinski definition) is 4. The van der Waals surface area contributed by atoms with Crippen molar-refractivity contribution >= 4 is 22.9 Å². The Kier molecular flexibility index (Phi) is 4.96. The van der Waals surface area contributed by atoms with Crippen molar-refractivity contribution in [1.82, 2.24) is 19.5 Å². The number of fused-ring (bicyclic) bond motifs is 1. The third-order valence-corrected chi connectivity index (χ3v) is 6.43. The first-order valence-electron chi connectivity index (χ1n) is 9.89. The van der Waals surface area contributed by atoms with E-state index in [4.69, 9.17) is 0 Å². The van der Waals surface area contributed by atoms with Gasteiger partial charge in [0.25, 0.3) is 5.91 Å². The number of nitrogens with zero attached hydrogens (tertiary/aromatic N) is 4. The zero-order valence-electron chi connectivity index (χ0n) is 16.5. The number of carbonyl (C=O) groups is 1. The average Bonchev–Trinajstić information content (AvgIpc) is 3.52. The summed E-state index contributed by atoms with van der Waals surface area (Å²) >= 11 is 1.26. The minimum Gasteiger partial charge on any atom is -0.331 e. The maximum Gasteiger partial charge on any atom is 0.433 e. The number of thiophene rings is 1. The highest BCUT2D eigenvalue weighted by Crippen LogP contribution is 2.36. The van der Waals surface area contributed by atoms with Crippen LogP contribution in [0, 0.1) is 5.82 Å². The van der Waals surface area contributed by atoms with Crippen LogP contribution in [0.4, 0.5) is 17.6 Å². The molecule has 0 saturated carbocycles. The molecule has 1 unspecified atom stereocenters. The molecular formula is C22H16F4N4OS. The summed E-state index contributed by atoms with van der Waals surface area (Å²) in [6.07, 6.45) is -2.13. The molecule has 10 heteroatoms. The minimum absolute atomic E-state index is 0.00270. The van der Waals surface area contributed by atoms with Crippen molar-refractivity contribution in [3.8, 4) is 10.6 Å². The van der Waals surface area contributed by atoms with E-state index in [0.29, 0.717) is 22.4 Å². The molecule has 5 rings (SSSR count). The smallest absolute Gasteiger partial charge is 0.331 e. The quantitative estimate of drug-likeness (QED) is 0.375. The van der Waals surface area contributed by atoms with Gasteiger partial charge < -0.3 is 4.90 Å². The van der Waals surface area contributed by atoms with Crippen molar-refractivity contribution in [3.63, 3.8) is 0 Å². The summed E-state index contributed by atoms with van der Waals surface area (Å²) in [5.41, 5.74) is -0.231. The van der Waals surface area contributed by atoms with Crippen LogP contribution >= 0.6 is 11.3 Å². The summed E-state index contributed by atoms with van der Waals surface area (Å²) in [4.78, 5) is 19.9. The van der Waals surface area contributed by atoms with Crippen LogP contribution in [0.1, 0.15) is 40.5 Å². The Labute approximate surface area is 183 Å². The molecule has 1 aliphatic rings. The maximum absolute atomic E-state index is 13.8. The molecule has 32 heavy (non-hydrogen) atoms. The van der Waals surface area contributed by atoms with Gasteiger partial charge in [0.05, 0.1) is 22.8 Å². The van der Waals surface area contributed by atoms with Crippen LogP contribution in [-0.2, 0) is 6.18 Å². The number of hydrogen-bond donors (Lipinski definition) is 0. The Morgan fingerprint density at radius 1 is 1.16 bits per heavy atom. The molecule has 0 N–H and O–H groups in total. The molecule has 5 nitrogen and oxygen atoms in total. The summed E-state index contributed by atoms with van der Waals surface area (Å²) < 4.78 is 55.3. The predicted octanol–water partition coefficient (Wildman–Crippen LogP) is 5.59. The second kappa shape index (κ2) is 7.70. The van der Waals surface area contributed by atoms with E-state index in [1.165, 1.54) is 23.5 Å². The molecule has 164 valence electrons. The van der Waals surface area contributed by atoms with Crippen molar-refractivity contribution < 1.29 is 22.4 Å². The lowest BCUT2D eigenvalue weighted by molar-refractivity contribution is -0.142. The van der Waals surface area contributed by atoms with Crippen LogP contribution in [-0.4, -0.2) is 31.9 Å². The molecule has 0 spiro atoms. The van der Waals surface area contributed by atoms with Gasteiger partial charge in [-0.15, -0.1) is 11.3 Å². The first-order valence-corrected chi connectivity index (χ1v) is 10.8. The Balaban J connectivity index is 1.60. The molecule has 1 aromatic carbocycles. The topological polar surface area (TPSA) is 50.5 Å². The molecular weight excluding hydrogens is 444 g/mol. The van der Waals surface area contributed by atoms with E-state index >= 15 is 0 Å². The zero-order chi connectivity index (χ0) is 22.5. The van der Waals surface area contributed by atoms with Crippen LogP contribution in [0.5, 0.6) is 0 Å². The average molecular weight is 460 g/mol. The lowest BCUT2D eigenvalue weighted by atomic mass is 10.0. The minimum atomic E-state index is -4.68. The fraction of sp³-hybridized carbons (Fsp3) is 0.227. The summed E-state index contributed by atoms with van der Waals surface area (Å²) in [7, 11) is 0. The van der Waals surface area contributed by atoms with Crippen LogP contribution in [0.25, 0.3) is 16.2 Å². The normalized spacial score (nSPS) is 16.8. The van der Waals surface area contributed by atoms with Crippen molar-refractivity contribution in [2.75, 3.05) is 6.54 Å². The van der Waals surface area contributed by atoms with Crippen molar-refractivity contribution in [2.24, 2.45) is 0 Å². The molecule has 1 saturated heterocycles. The van der Waals surface area contributed by atoms with E-state index in [1.54, 1.807) is 34.5 Å². The molecule has 4 aromatic rings. The van der Waals surface area contributed by atoms with Crippen LogP contribution in [0.15, 0.2) is 54.0 Å². The number of amides is 1. The van der Waals surface area contributed by atoms with Gasteiger partial charge in [-0.1, -0.05) is 18.2 Å².